The molecule has 0 fully saturated rings. The van der Waals surface area contributed by atoms with E-state index in [1.807, 2.05) is 0 Å². The van der Waals surface area contributed by atoms with Crippen LogP contribution in [0, 0.1) is 0 Å². The van der Waals surface area contributed by atoms with Crippen LogP contribution in [-0.2, 0) is 14.4 Å². The molecule has 0 heterocycles. The molecule has 7 nitrogen and oxygen atoms in total. The van der Waals surface area contributed by atoms with Gasteiger partial charge in [-0.3, -0.25) is 9.59 Å². The van der Waals surface area contributed by atoms with Gasteiger partial charge in [-0.15, -0.1) is 0 Å². The van der Waals surface area contributed by atoms with Gasteiger partial charge < -0.3 is 21.3 Å². The van der Waals surface area contributed by atoms with Gasteiger partial charge in [-0.2, -0.15) is 12.6 Å². The molecule has 0 spiro atoms. The minimum atomic E-state index is -1.20. The Kier molecular flexibility index (Phi) is 6.50. The fourth-order valence-electron chi connectivity index (χ4n) is 0.862. The lowest BCUT2D eigenvalue weighted by molar-refractivity contribution is -0.141. The highest BCUT2D eigenvalue weighted by Gasteiger charge is 2.19. The third-order valence-electron chi connectivity index (χ3n) is 1.82. The van der Waals surface area contributed by atoms with Crippen molar-refractivity contribution in [2.24, 2.45) is 5.73 Å². The van der Waals surface area contributed by atoms with Crippen LogP contribution in [-0.4, -0.2) is 45.9 Å². The number of hydrogen-bond acceptors (Lipinski definition) is 5. The summed E-state index contributed by atoms with van der Waals surface area (Å²) in [5.74, 6) is -2.98. The number of carbonyl (C=O) groups excluding carboxylic acids is 1. The van der Waals surface area contributed by atoms with Gasteiger partial charge in [0.1, 0.15) is 12.1 Å². The lowest BCUT2D eigenvalue weighted by atomic mass is 10.1. The van der Waals surface area contributed by atoms with E-state index in [9.17, 15) is 14.4 Å². The highest BCUT2D eigenvalue weighted by Crippen LogP contribution is 1.97. The summed E-state index contributed by atoms with van der Waals surface area (Å²) < 4.78 is 0. The lowest BCUT2D eigenvalue weighted by Gasteiger charge is -2.12. The van der Waals surface area contributed by atoms with E-state index >= 15 is 0 Å². The van der Waals surface area contributed by atoms with Gasteiger partial charge in [0.05, 0.1) is 0 Å². The maximum atomic E-state index is 11.2. The van der Waals surface area contributed by atoms with E-state index in [1.54, 1.807) is 0 Å². The van der Waals surface area contributed by atoms with Gasteiger partial charge in [0.15, 0.2) is 0 Å². The number of amides is 1. The maximum Gasteiger partial charge on any atom is 0.327 e. The van der Waals surface area contributed by atoms with Crippen LogP contribution in [0.15, 0.2) is 0 Å². The highest BCUT2D eigenvalue weighted by molar-refractivity contribution is 7.80. The molecule has 1 amide bonds. The predicted molar refractivity (Wildman–Crippen MR) is 58.3 cm³/mol. The summed E-state index contributed by atoms with van der Waals surface area (Å²) in [7, 11) is 0. The van der Waals surface area contributed by atoms with E-state index < -0.39 is 29.9 Å². The second kappa shape index (κ2) is 7.07. The first-order valence-corrected chi connectivity index (χ1v) is 5.13. The zero-order valence-electron chi connectivity index (χ0n) is 8.42. The smallest absolute Gasteiger partial charge is 0.327 e. The topological polar surface area (TPSA) is 130 Å². The molecule has 5 N–H and O–H groups in total. The number of carbonyl (C=O) groups is 3. The van der Waals surface area contributed by atoms with Crippen molar-refractivity contribution in [2.45, 2.75) is 24.9 Å². The average Bonchev–Trinajstić information content (AvgIpc) is 2.21. The molecule has 2 unspecified atom stereocenters. The third kappa shape index (κ3) is 5.56. The summed E-state index contributed by atoms with van der Waals surface area (Å²) in [6.45, 7) is 0. The Labute approximate surface area is 97.4 Å². The summed E-state index contributed by atoms with van der Waals surface area (Å²) in [6.07, 6.45) is -0.175. The Morgan fingerprint density at radius 2 is 1.81 bits per heavy atom. The number of hydrogen-bond donors (Lipinski definition) is 5. The minimum absolute atomic E-state index is 0.0357. The summed E-state index contributed by atoms with van der Waals surface area (Å²) in [4.78, 5) is 32.1. The third-order valence-corrected chi connectivity index (χ3v) is 2.18. The molecule has 0 aromatic rings. The van der Waals surface area contributed by atoms with Gasteiger partial charge in [-0.25, -0.2) is 4.79 Å². The van der Waals surface area contributed by atoms with Crippen molar-refractivity contribution in [1.82, 2.24) is 5.32 Å². The molecule has 0 saturated heterocycles. The van der Waals surface area contributed by atoms with Crippen LogP contribution < -0.4 is 11.1 Å². The molecular formula is C8H14N2O5S. The SMILES string of the molecule is NC(CCC(=O)NC(CS)C(=O)O)C(=O)O. The van der Waals surface area contributed by atoms with Crippen molar-refractivity contribution >= 4 is 30.5 Å². The molecule has 0 aromatic heterocycles. The molecule has 0 aliphatic carbocycles. The number of rotatable bonds is 7. The van der Waals surface area contributed by atoms with Gasteiger partial charge in [0.25, 0.3) is 0 Å². The highest BCUT2D eigenvalue weighted by atomic mass is 32.1. The summed E-state index contributed by atoms with van der Waals surface area (Å²) in [5.41, 5.74) is 5.18. The molecule has 0 aromatic carbocycles. The molecule has 0 aliphatic heterocycles. The Balaban J connectivity index is 3.99. The van der Waals surface area contributed by atoms with Gasteiger partial charge in [0, 0.05) is 12.2 Å². The van der Waals surface area contributed by atoms with Crippen LogP contribution >= 0.6 is 12.6 Å². The number of thiol groups is 1. The maximum absolute atomic E-state index is 11.2. The first-order valence-electron chi connectivity index (χ1n) is 4.50. The summed E-state index contributed by atoms with van der Waals surface area (Å²) in [5, 5.41) is 19.3. The number of nitrogens with two attached hydrogens (primary N) is 1. The van der Waals surface area contributed by atoms with Crippen molar-refractivity contribution in [1.29, 1.82) is 0 Å². The molecule has 0 aliphatic rings. The Bertz CT molecular complexity index is 284. The normalized spacial score (nSPS) is 13.9. The fraction of sp³-hybridized carbons (Fsp3) is 0.625. The van der Waals surface area contributed by atoms with Crippen LogP contribution in [0.2, 0.25) is 0 Å². The molecule has 0 rings (SSSR count). The molecule has 0 radical (unpaired) electrons. The average molecular weight is 250 g/mol. The van der Waals surface area contributed by atoms with Crippen molar-refractivity contribution in [3.8, 4) is 0 Å². The summed E-state index contributed by atoms with van der Waals surface area (Å²) >= 11 is 3.76. The Morgan fingerprint density at radius 3 is 2.19 bits per heavy atom. The van der Waals surface area contributed by atoms with Crippen LogP contribution in [0.25, 0.3) is 0 Å². The van der Waals surface area contributed by atoms with Crippen LogP contribution in [0.5, 0.6) is 0 Å². The van der Waals surface area contributed by atoms with Crippen molar-refractivity contribution in [3.05, 3.63) is 0 Å². The largest absolute Gasteiger partial charge is 0.480 e. The Morgan fingerprint density at radius 1 is 1.25 bits per heavy atom. The minimum Gasteiger partial charge on any atom is -0.480 e. The van der Waals surface area contributed by atoms with Gasteiger partial charge in [-0.05, 0) is 6.42 Å². The zero-order valence-corrected chi connectivity index (χ0v) is 9.31. The molecule has 92 valence electrons. The van der Waals surface area contributed by atoms with E-state index in [2.05, 4.69) is 17.9 Å². The monoisotopic (exact) mass is 250 g/mol. The van der Waals surface area contributed by atoms with Gasteiger partial charge in [0.2, 0.25) is 5.91 Å². The first kappa shape index (κ1) is 14.7. The first-order chi connectivity index (χ1) is 7.38. The van der Waals surface area contributed by atoms with Crippen LogP contribution in [0.3, 0.4) is 0 Å². The van der Waals surface area contributed by atoms with E-state index in [4.69, 9.17) is 15.9 Å². The van der Waals surface area contributed by atoms with E-state index in [1.165, 1.54) is 0 Å². The van der Waals surface area contributed by atoms with Crippen LogP contribution in [0.4, 0.5) is 0 Å². The second-order valence-electron chi connectivity index (χ2n) is 3.12. The summed E-state index contributed by atoms with van der Waals surface area (Å²) in [6, 6.07) is -2.19. The van der Waals surface area contributed by atoms with Gasteiger partial charge >= 0.3 is 11.9 Å². The van der Waals surface area contributed by atoms with Crippen molar-refractivity contribution in [3.63, 3.8) is 0 Å². The van der Waals surface area contributed by atoms with Crippen molar-refractivity contribution in [2.75, 3.05) is 5.75 Å². The second-order valence-corrected chi connectivity index (χ2v) is 3.49. The van der Waals surface area contributed by atoms with Gasteiger partial charge in [-0.1, -0.05) is 0 Å². The van der Waals surface area contributed by atoms with E-state index in [-0.39, 0.29) is 18.6 Å². The predicted octanol–water partition coefficient (Wildman–Crippen LogP) is -1.32. The number of carboxylic acids is 2. The molecule has 0 bridgehead atoms. The molecule has 16 heavy (non-hydrogen) atoms. The van der Waals surface area contributed by atoms with Crippen LogP contribution in [0.1, 0.15) is 12.8 Å². The Hall–Kier alpha value is -1.28. The number of nitrogens with one attached hydrogen (secondary N) is 1. The number of carboxylic acid groups (broad SMARTS) is 2. The lowest BCUT2D eigenvalue weighted by Crippen LogP contribution is -2.42. The van der Waals surface area contributed by atoms with Crippen molar-refractivity contribution < 1.29 is 24.6 Å². The van der Waals surface area contributed by atoms with E-state index in [0.717, 1.165) is 0 Å². The quantitative estimate of drug-likeness (QED) is 0.356. The number of aliphatic carboxylic acids is 2. The standard InChI is InChI=1S/C8H14N2O5S/c9-4(7(12)13)1-2-6(11)10-5(3-16)8(14)15/h4-5,16H,1-3,9H2,(H,10,11)(H,12,13)(H,14,15). The molecule has 2 atom stereocenters. The van der Waals surface area contributed by atoms with E-state index in [0.29, 0.717) is 0 Å². The molecular weight excluding hydrogens is 236 g/mol. The molecule has 0 saturated carbocycles. The fourth-order valence-corrected chi connectivity index (χ4v) is 1.11. The zero-order chi connectivity index (χ0) is 12.7. The molecule has 8 heteroatoms.